The number of ether oxygens (including phenoxy) is 1. The van der Waals surface area contributed by atoms with Crippen molar-refractivity contribution in [3.63, 3.8) is 0 Å². The molecule has 0 radical (unpaired) electrons. The molecule has 0 aliphatic carbocycles. The second-order valence-corrected chi connectivity index (χ2v) is 10.8. The summed E-state index contributed by atoms with van der Waals surface area (Å²) in [6, 6.07) is 3.05. The van der Waals surface area contributed by atoms with Crippen molar-refractivity contribution in [1.29, 1.82) is 0 Å². The minimum atomic E-state index is -0.755. The Kier molecular flexibility index (Phi) is 7.17. The predicted octanol–water partition coefficient (Wildman–Crippen LogP) is 2.09. The Bertz CT molecular complexity index is 1090. The van der Waals surface area contributed by atoms with Crippen LogP contribution in [0.2, 0.25) is 0 Å². The van der Waals surface area contributed by atoms with E-state index < -0.39 is 23.5 Å². The normalized spacial score (nSPS) is 21.1. The summed E-state index contributed by atoms with van der Waals surface area (Å²) in [7, 11) is 1.52. The lowest BCUT2D eigenvalue weighted by Crippen LogP contribution is -2.53. The van der Waals surface area contributed by atoms with Gasteiger partial charge in [0, 0.05) is 51.3 Å². The maximum atomic E-state index is 13.3. The molecule has 10 heteroatoms. The van der Waals surface area contributed by atoms with Gasteiger partial charge in [0.1, 0.15) is 11.6 Å². The van der Waals surface area contributed by atoms with Crippen LogP contribution >= 0.6 is 0 Å². The van der Waals surface area contributed by atoms with Crippen LogP contribution in [0.3, 0.4) is 0 Å². The number of benzene rings is 1. The van der Waals surface area contributed by atoms with Crippen LogP contribution in [-0.2, 0) is 27.4 Å². The van der Waals surface area contributed by atoms with Crippen molar-refractivity contribution < 1.29 is 28.7 Å². The maximum absolute atomic E-state index is 13.3. The highest BCUT2D eigenvalue weighted by Crippen LogP contribution is 2.31. The van der Waals surface area contributed by atoms with Crippen LogP contribution in [0, 0.1) is 0 Å². The molecule has 1 N–H and O–H groups in total. The van der Waals surface area contributed by atoms with Gasteiger partial charge in [0.15, 0.2) is 6.29 Å². The third-order valence-corrected chi connectivity index (χ3v) is 7.11. The average molecular weight is 499 g/mol. The highest BCUT2D eigenvalue weighted by Gasteiger charge is 2.35. The second-order valence-electron chi connectivity index (χ2n) is 10.8. The molecule has 1 aromatic rings. The van der Waals surface area contributed by atoms with E-state index in [0.29, 0.717) is 38.0 Å². The standard InChI is InChI=1S/C26H34N4O6/c1-26(2,3)36-25(35)29-9-7-19(8-10-29)30-13-16-11-18(15-31)20(12-17(16)14-30)24(34)28(4)21-5-6-22(32)27-23(21)33/h11-12,15,19,21H,5-10,13-14H2,1-4H3,(H,27,32,33). The number of nitrogens with one attached hydrogen (secondary N) is 1. The first-order valence-electron chi connectivity index (χ1n) is 12.4. The van der Waals surface area contributed by atoms with Gasteiger partial charge in [-0.2, -0.15) is 0 Å². The average Bonchev–Trinajstić information content (AvgIpc) is 3.24. The van der Waals surface area contributed by atoms with Gasteiger partial charge in [-0.05, 0) is 63.3 Å². The molecule has 1 aromatic carbocycles. The van der Waals surface area contributed by atoms with E-state index in [4.69, 9.17) is 4.74 Å². The van der Waals surface area contributed by atoms with Gasteiger partial charge in [-0.3, -0.25) is 29.4 Å². The monoisotopic (exact) mass is 498 g/mol. The van der Waals surface area contributed by atoms with Crippen LogP contribution in [0.25, 0.3) is 0 Å². The number of aldehydes is 1. The number of amides is 4. The zero-order valence-corrected chi connectivity index (χ0v) is 21.3. The summed E-state index contributed by atoms with van der Waals surface area (Å²) in [4.78, 5) is 66.6. The van der Waals surface area contributed by atoms with Crippen molar-refractivity contribution in [2.45, 2.75) is 77.2 Å². The van der Waals surface area contributed by atoms with Crippen LogP contribution in [0.1, 0.15) is 78.3 Å². The van der Waals surface area contributed by atoms with E-state index in [1.165, 1.54) is 11.9 Å². The molecule has 3 aliphatic rings. The minimum absolute atomic E-state index is 0.167. The first-order valence-corrected chi connectivity index (χ1v) is 12.4. The van der Waals surface area contributed by atoms with Crippen molar-refractivity contribution in [1.82, 2.24) is 20.0 Å². The van der Waals surface area contributed by atoms with Gasteiger partial charge in [0.2, 0.25) is 11.8 Å². The number of imide groups is 1. The van der Waals surface area contributed by atoms with Crippen LogP contribution in [0.4, 0.5) is 4.79 Å². The molecular formula is C26H34N4O6. The molecule has 0 spiro atoms. The molecule has 0 bridgehead atoms. The molecule has 3 heterocycles. The molecule has 1 unspecified atom stereocenters. The van der Waals surface area contributed by atoms with E-state index in [-0.39, 0.29) is 36.4 Å². The van der Waals surface area contributed by atoms with E-state index in [1.54, 1.807) is 17.0 Å². The molecule has 3 aliphatic heterocycles. The first kappa shape index (κ1) is 25.8. The fraction of sp³-hybridized carbons (Fsp3) is 0.577. The summed E-state index contributed by atoms with van der Waals surface area (Å²) in [6.07, 6.45) is 2.44. The maximum Gasteiger partial charge on any atom is 0.410 e. The Morgan fingerprint density at radius 3 is 2.31 bits per heavy atom. The molecule has 2 fully saturated rings. The number of likely N-dealkylation sites (N-methyl/N-ethyl adjacent to an activating group) is 1. The lowest BCUT2D eigenvalue weighted by Gasteiger charge is -2.37. The van der Waals surface area contributed by atoms with Gasteiger partial charge in [0.25, 0.3) is 5.91 Å². The summed E-state index contributed by atoms with van der Waals surface area (Å²) in [5, 5.41) is 2.27. The topological polar surface area (TPSA) is 116 Å². The Morgan fingerprint density at radius 2 is 1.72 bits per heavy atom. The van der Waals surface area contributed by atoms with E-state index in [9.17, 15) is 24.0 Å². The van der Waals surface area contributed by atoms with Gasteiger partial charge in [-0.1, -0.05) is 0 Å². The predicted molar refractivity (Wildman–Crippen MR) is 130 cm³/mol. The number of hydrogen-bond donors (Lipinski definition) is 1. The minimum Gasteiger partial charge on any atom is -0.444 e. The van der Waals surface area contributed by atoms with E-state index in [2.05, 4.69) is 10.2 Å². The third kappa shape index (κ3) is 5.43. The molecule has 0 aromatic heterocycles. The third-order valence-electron chi connectivity index (χ3n) is 7.11. The Labute approximate surface area is 210 Å². The van der Waals surface area contributed by atoms with Gasteiger partial charge in [0.05, 0.1) is 5.56 Å². The SMILES string of the molecule is CN(C(=O)c1cc2c(cc1C=O)CN(C1CCN(C(=O)OC(C)(C)C)CC1)C2)C1CCC(=O)NC1=O. The van der Waals surface area contributed by atoms with Crippen LogP contribution < -0.4 is 5.32 Å². The number of piperidine rings is 2. The quantitative estimate of drug-likeness (QED) is 0.499. The molecule has 2 saturated heterocycles. The van der Waals surface area contributed by atoms with Crippen molar-refractivity contribution in [3.05, 3.63) is 34.4 Å². The molecule has 0 saturated carbocycles. The number of likely N-dealkylation sites (tertiary alicyclic amines) is 1. The molecule has 194 valence electrons. The highest BCUT2D eigenvalue weighted by molar-refractivity contribution is 6.06. The summed E-state index contributed by atoms with van der Waals surface area (Å²) >= 11 is 0. The van der Waals surface area contributed by atoms with E-state index in [1.807, 2.05) is 20.8 Å². The Hall–Kier alpha value is -3.27. The Balaban J connectivity index is 1.42. The fourth-order valence-corrected chi connectivity index (χ4v) is 5.16. The molecule has 1 atom stereocenters. The molecule has 4 rings (SSSR count). The van der Waals surface area contributed by atoms with Crippen molar-refractivity contribution in [3.8, 4) is 0 Å². The lowest BCUT2D eigenvalue weighted by atomic mass is 9.98. The number of fused-ring (bicyclic) bond motifs is 1. The first-order chi connectivity index (χ1) is 17.0. The van der Waals surface area contributed by atoms with Crippen molar-refractivity contribution >= 4 is 30.1 Å². The summed E-state index contributed by atoms with van der Waals surface area (Å²) in [6.45, 7) is 8.12. The molecule has 36 heavy (non-hydrogen) atoms. The van der Waals surface area contributed by atoms with Crippen LogP contribution in [-0.4, -0.2) is 82.6 Å². The van der Waals surface area contributed by atoms with Crippen molar-refractivity contribution in [2.24, 2.45) is 0 Å². The lowest BCUT2D eigenvalue weighted by molar-refractivity contribution is -0.136. The molecular weight excluding hydrogens is 464 g/mol. The summed E-state index contributed by atoms with van der Waals surface area (Å²) in [5.74, 6) is -1.27. The fourth-order valence-electron chi connectivity index (χ4n) is 5.16. The smallest absolute Gasteiger partial charge is 0.410 e. The van der Waals surface area contributed by atoms with Crippen molar-refractivity contribution in [2.75, 3.05) is 20.1 Å². The summed E-state index contributed by atoms with van der Waals surface area (Å²) in [5.41, 5.74) is 2.02. The number of carbonyl (C=O) groups is 5. The zero-order chi connectivity index (χ0) is 26.2. The Morgan fingerprint density at radius 1 is 1.08 bits per heavy atom. The summed E-state index contributed by atoms with van der Waals surface area (Å²) < 4.78 is 5.49. The largest absolute Gasteiger partial charge is 0.444 e. The number of hydrogen-bond acceptors (Lipinski definition) is 7. The molecule has 10 nitrogen and oxygen atoms in total. The zero-order valence-electron chi connectivity index (χ0n) is 21.3. The second kappa shape index (κ2) is 10.0. The number of rotatable bonds is 4. The highest BCUT2D eigenvalue weighted by atomic mass is 16.6. The number of carbonyl (C=O) groups excluding carboxylic acids is 5. The van der Waals surface area contributed by atoms with Gasteiger partial charge >= 0.3 is 6.09 Å². The van der Waals surface area contributed by atoms with Gasteiger partial charge in [-0.25, -0.2) is 4.79 Å². The molecule has 4 amide bonds. The van der Waals surface area contributed by atoms with Crippen LogP contribution in [0.15, 0.2) is 12.1 Å². The van der Waals surface area contributed by atoms with E-state index in [0.717, 1.165) is 24.0 Å². The van der Waals surface area contributed by atoms with E-state index >= 15 is 0 Å². The number of nitrogens with zero attached hydrogens (tertiary/aromatic N) is 3. The van der Waals surface area contributed by atoms with Crippen LogP contribution in [0.5, 0.6) is 0 Å². The van der Waals surface area contributed by atoms with Gasteiger partial charge in [-0.15, -0.1) is 0 Å². The van der Waals surface area contributed by atoms with Gasteiger partial charge < -0.3 is 14.5 Å².